The topological polar surface area (TPSA) is 63.4 Å². The van der Waals surface area contributed by atoms with E-state index in [-0.39, 0.29) is 29.3 Å². The van der Waals surface area contributed by atoms with E-state index >= 15 is 0 Å². The molecule has 0 radical (unpaired) electrons. The molecule has 4 nitrogen and oxygen atoms in total. The molecule has 0 aromatic heterocycles. The van der Waals surface area contributed by atoms with Crippen LogP contribution in [0.15, 0.2) is 18.2 Å². The standard InChI is InChI=1S/C14H17FN2O2S/c1-9-12-6-11(15)3-2-10(12)4-5-17(9)14(19)8-20-7-13(16)18/h2-3,6,9H,4-5,7-8H2,1H3,(H2,16,18). The highest BCUT2D eigenvalue weighted by molar-refractivity contribution is 8.00. The van der Waals surface area contributed by atoms with Crippen LogP contribution in [0.1, 0.15) is 24.1 Å². The van der Waals surface area contributed by atoms with Gasteiger partial charge in [-0.3, -0.25) is 9.59 Å². The molecule has 2 amide bonds. The van der Waals surface area contributed by atoms with Crippen LogP contribution in [0.5, 0.6) is 0 Å². The molecule has 1 aromatic carbocycles. The predicted molar refractivity (Wildman–Crippen MR) is 76.8 cm³/mol. The van der Waals surface area contributed by atoms with Crippen LogP contribution in [-0.2, 0) is 16.0 Å². The number of nitrogens with zero attached hydrogens (tertiary/aromatic N) is 1. The Labute approximate surface area is 121 Å². The van der Waals surface area contributed by atoms with E-state index in [4.69, 9.17) is 5.73 Å². The van der Waals surface area contributed by atoms with Crippen molar-refractivity contribution in [3.05, 3.63) is 35.1 Å². The van der Waals surface area contributed by atoms with E-state index in [0.717, 1.165) is 17.5 Å². The van der Waals surface area contributed by atoms with Crippen LogP contribution in [0, 0.1) is 5.82 Å². The van der Waals surface area contributed by atoms with Gasteiger partial charge in [-0.1, -0.05) is 6.07 Å². The summed E-state index contributed by atoms with van der Waals surface area (Å²) < 4.78 is 13.3. The molecule has 0 saturated heterocycles. The van der Waals surface area contributed by atoms with Gasteiger partial charge >= 0.3 is 0 Å². The monoisotopic (exact) mass is 296 g/mol. The molecular weight excluding hydrogens is 279 g/mol. The second-order valence-corrected chi connectivity index (χ2v) is 5.80. The minimum atomic E-state index is -0.429. The Hall–Kier alpha value is -1.56. The highest BCUT2D eigenvalue weighted by Gasteiger charge is 2.27. The van der Waals surface area contributed by atoms with E-state index < -0.39 is 5.91 Å². The van der Waals surface area contributed by atoms with E-state index in [1.54, 1.807) is 11.0 Å². The van der Waals surface area contributed by atoms with E-state index in [9.17, 15) is 14.0 Å². The number of benzene rings is 1. The van der Waals surface area contributed by atoms with Crippen molar-refractivity contribution >= 4 is 23.6 Å². The highest BCUT2D eigenvalue weighted by atomic mass is 32.2. The van der Waals surface area contributed by atoms with Crippen molar-refractivity contribution in [2.45, 2.75) is 19.4 Å². The van der Waals surface area contributed by atoms with Crippen molar-refractivity contribution in [3.8, 4) is 0 Å². The summed E-state index contributed by atoms with van der Waals surface area (Å²) in [6.45, 7) is 2.52. The van der Waals surface area contributed by atoms with Crippen LogP contribution in [0.2, 0.25) is 0 Å². The lowest BCUT2D eigenvalue weighted by Crippen LogP contribution is -2.40. The molecule has 0 aliphatic carbocycles. The SMILES string of the molecule is CC1c2cc(F)ccc2CCN1C(=O)CSCC(N)=O. The lowest BCUT2D eigenvalue weighted by atomic mass is 9.93. The fraction of sp³-hybridized carbons (Fsp3) is 0.429. The Balaban J connectivity index is 2.04. The molecule has 1 aliphatic rings. The lowest BCUT2D eigenvalue weighted by Gasteiger charge is -2.35. The molecule has 108 valence electrons. The number of carbonyl (C=O) groups excluding carboxylic acids is 2. The van der Waals surface area contributed by atoms with E-state index in [0.29, 0.717) is 6.54 Å². The van der Waals surface area contributed by atoms with Crippen molar-refractivity contribution in [1.82, 2.24) is 4.90 Å². The summed E-state index contributed by atoms with van der Waals surface area (Å²) in [6.07, 6.45) is 0.728. The Morgan fingerprint density at radius 2 is 2.20 bits per heavy atom. The summed E-state index contributed by atoms with van der Waals surface area (Å²) in [5.74, 6) is -0.398. The van der Waals surface area contributed by atoms with Gasteiger partial charge in [0.05, 0.1) is 17.5 Å². The molecule has 1 heterocycles. The van der Waals surface area contributed by atoms with Gasteiger partial charge in [0, 0.05) is 6.54 Å². The smallest absolute Gasteiger partial charge is 0.233 e. The van der Waals surface area contributed by atoms with Crippen molar-refractivity contribution in [1.29, 1.82) is 0 Å². The predicted octanol–water partition coefficient (Wildman–Crippen LogP) is 1.49. The summed E-state index contributed by atoms with van der Waals surface area (Å²) in [7, 11) is 0. The summed E-state index contributed by atoms with van der Waals surface area (Å²) in [5, 5.41) is 0. The normalized spacial score (nSPS) is 17.7. The van der Waals surface area contributed by atoms with Crippen LogP contribution in [0.3, 0.4) is 0 Å². The molecule has 1 unspecified atom stereocenters. The second kappa shape index (κ2) is 6.26. The third-order valence-corrected chi connectivity index (χ3v) is 4.38. The fourth-order valence-corrected chi connectivity index (χ4v) is 3.09. The molecule has 6 heteroatoms. The van der Waals surface area contributed by atoms with Crippen molar-refractivity contribution in [2.75, 3.05) is 18.1 Å². The molecule has 0 fully saturated rings. The quantitative estimate of drug-likeness (QED) is 0.915. The number of carbonyl (C=O) groups is 2. The van der Waals surface area contributed by atoms with Gasteiger partial charge in [-0.25, -0.2) is 4.39 Å². The van der Waals surface area contributed by atoms with Gasteiger partial charge in [-0.15, -0.1) is 11.8 Å². The Kier molecular flexibility index (Phi) is 4.65. The maximum Gasteiger partial charge on any atom is 0.233 e. The molecular formula is C14H17FN2O2S. The zero-order valence-electron chi connectivity index (χ0n) is 11.3. The zero-order chi connectivity index (χ0) is 14.7. The molecule has 0 spiro atoms. The molecule has 20 heavy (non-hydrogen) atoms. The molecule has 1 aliphatic heterocycles. The zero-order valence-corrected chi connectivity index (χ0v) is 12.1. The van der Waals surface area contributed by atoms with E-state index in [2.05, 4.69) is 0 Å². The van der Waals surface area contributed by atoms with Crippen molar-refractivity contribution in [2.24, 2.45) is 5.73 Å². The Morgan fingerprint density at radius 3 is 2.90 bits per heavy atom. The van der Waals surface area contributed by atoms with Crippen molar-refractivity contribution in [3.63, 3.8) is 0 Å². The average Bonchev–Trinajstić information content (AvgIpc) is 2.39. The maximum absolute atomic E-state index is 13.3. The number of fused-ring (bicyclic) bond motifs is 1. The van der Waals surface area contributed by atoms with Crippen molar-refractivity contribution < 1.29 is 14.0 Å². The summed E-state index contributed by atoms with van der Waals surface area (Å²) in [5.41, 5.74) is 6.99. The van der Waals surface area contributed by atoms with E-state index in [1.165, 1.54) is 23.9 Å². The van der Waals surface area contributed by atoms with Gasteiger partial charge in [0.15, 0.2) is 0 Å². The summed E-state index contributed by atoms with van der Waals surface area (Å²) in [4.78, 5) is 24.5. The van der Waals surface area contributed by atoms with Gasteiger partial charge in [-0.05, 0) is 36.6 Å². The number of hydrogen-bond donors (Lipinski definition) is 1. The van der Waals surface area contributed by atoms with Gasteiger partial charge in [-0.2, -0.15) is 0 Å². The maximum atomic E-state index is 13.3. The first-order valence-electron chi connectivity index (χ1n) is 6.43. The minimum absolute atomic E-state index is 0.0429. The Bertz CT molecular complexity index is 536. The molecule has 2 rings (SSSR count). The number of primary amides is 1. The van der Waals surface area contributed by atoms with Crippen LogP contribution >= 0.6 is 11.8 Å². The first-order chi connectivity index (χ1) is 9.49. The summed E-state index contributed by atoms with van der Waals surface area (Å²) in [6, 6.07) is 4.59. The van der Waals surface area contributed by atoms with Gasteiger partial charge in [0.1, 0.15) is 5.82 Å². The lowest BCUT2D eigenvalue weighted by molar-refractivity contribution is -0.130. The fourth-order valence-electron chi connectivity index (χ4n) is 2.45. The number of halogens is 1. The first kappa shape index (κ1) is 14.8. The number of amides is 2. The molecule has 0 bridgehead atoms. The van der Waals surface area contributed by atoms with E-state index in [1.807, 2.05) is 6.92 Å². The van der Waals surface area contributed by atoms with Crippen LogP contribution < -0.4 is 5.73 Å². The minimum Gasteiger partial charge on any atom is -0.369 e. The van der Waals surface area contributed by atoms with Gasteiger partial charge in [0.2, 0.25) is 11.8 Å². The molecule has 2 N–H and O–H groups in total. The third kappa shape index (κ3) is 3.30. The number of nitrogens with two attached hydrogens (primary N) is 1. The second-order valence-electron chi connectivity index (χ2n) is 4.82. The first-order valence-corrected chi connectivity index (χ1v) is 7.58. The van der Waals surface area contributed by atoms with Gasteiger partial charge in [0.25, 0.3) is 0 Å². The summed E-state index contributed by atoms with van der Waals surface area (Å²) >= 11 is 1.21. The highest BCUT2D eigenvalue weighted by Crippen LogP contribution is 2.30. The average molecular weight is 296 g/mol. The van der Waals surface area contributed by atoms with Crippen LogP contribution in [-0.4, -0.2) is 34.8 Å². The Morgan fingerprint density at radius 1 is 1.45 bits per heavy atom. The van der Waals surface area contributed by atoms with Crippen LogP contribution in [0.25, 0.3) is 0 Å². The largest absolute Gasteiger partial charge is 0.369 e. The molecule has 0 saturated carbocycles. The van der Waals surface area contributed by atoms with Gasteiger partial charge < -0.3 is 10.6 Å². The molecule has 1 atom stereocenters. The molecule has 1 aromatic rings. The van der Waals surface area contributed by atoms with Crippen LogP contribution in [0.4, 0.5) is 4.39 Å². The number of thioether (sulfide) groups is 1. The number of hydrogen-bond acceptors (Lipinski definition) is 3. The number of rotatable bonds is 4. The third-order valence-electron chi connectivity index (χ3n) is 3.44.